The number of nitrogens with one attached hydrogen (secondary N) is 4. The number of thiazole rings is 1. The normalized spacial score (nSPS) is 18.9. The van der Waals surface area contributed by atoms with Crippen LogP contribution in [-0.2, 0) is 16.1 Å². The SMILES string of the molecule is CC[C@H](C)[C@@H]1NC(=O)CCCN(C(=O)c2cn3ccsc3n2)CCCNC(=O)c2ccc3[nH]c(=O)n(c3c2)CCCNC1=O. The average molecular weight is 623 g/mol. The number of imidazole rings is 2. The molecule has 0 spiro atoms. The summed E-state index contributed by atoms with van der Waals surface area (Å²) in [6.07, 6.45) is 5.73. The highest BCUT2D eigenvalue weighted by Crippen LogP contribution is 2.16. The zero-order valence-electron chi connectivity index (χ0n) is 24.9. The van der Waals surface area contributed by atoms with Crippen molar-refractivity contribution in [2.75, 3.05) is 26.2 Å². The lowest BCUT2D eigenvalue weighted by Gasteiger charge is -2.24. The minimum absolute atomic E-state index is 0.0897. The molecule has 5 rings (SSSR count). The van der Waals surface area contributed by atoms with E-state index in [9.17, 15) is 24.0 Å². The molecule has 4 aromatic rings. The standard InChI is InChI=1S/C30H38N8O5S/c1-3-19(2)25-27(41)32-11-6-14-38-23-17-20(8-9-21(23)33-29(38)43)26(40)31-10-5-13-36(12-4-7-24(39)35-25)28(42)22-18-37-15-16-44-30(37)34-22/h8-9,15-19,25H,3-7,10-14H2,1-2H3,(H,31,40)(H,32,41)(H,33,43)(H,35,39)/t19-,25-/m0/s1. The predicted molar refractivity (Wildman–Crippen MR) is 167 cm³/mol. The minimum Gasteiger partial charge on any atom is -0.354 e. The van der Waals surface area contributed by atoms with Crippen LogP contribution < -0.4 is 21.6 Å². The molecule has 0 fully saturated rings. The first-order valence-corrected chi connectivity index (χ1v) is 15.9. The van der Waals surface area contributed by atoms with Gasteiger partial charge < -0.3 is 25.8 Å². The number of H-pyrrole nitrogens is 1. The highest BCUT2D eigenvalue weighted by molar-refractivity contribution is 7.15. The molecular formula is C30H38N8O5S. The Morgan fingerprint density at radius 2 is 1.84 bits per heavy atom. The number of rotatable bonds is 3. The lowest BCUT2D eigenvalue weighted by Crippen LogP contribution is -2.50. The zero-order chi connectivity index (χ0) is 31.2. The summed E-state index contributed by atoms with van der Waals surface area (Å²) in [6.45, 7) is 5.51. The van der Waals surface area contributed by atoms with E-state index in [0.29, 0.717) is 85.7 Å². The van der Waals surface area contributed by atoms with Gasteiger partial charge in [-0.05, 0) is 43.4 Å². The molecule has 0 saturated heterocycles. The smallest absolute Gasteiger partial charge is 0.326 e. The van der Waals surface area contributed by atoms with E-state index in [0.717, 1.165) is 0 Å². The molecule has 13 nitrogen and oxygen atoms in total. The van der Waals surface area contributed by atoms with Gasteiger partial charge in [0.1, 0.15) is 11.7 Å². The van der Waals surface area contributed by atoms with Crippen molar-refractivity contribution in [2.24, 2.45) is 5.92 Å². The van der Waals surface area contributed by atoms with E-state index in [1.54, 1.807) is 38.3 Å². The number of carbonyl (C=O) groups is 4. The molecule has 234 valence electrons. The molecule has 1 aliphatic heterocycles. The van der Waals surface area contributed by atoms with Crippen molar-refractivity contribution in [2.45, 2.75) is 58.5 Å². The number of aromatic amines is 1. The number of nitrogens with zero attached hydrogens (tertiary/aromatic N) is 4. The van der Waals surface area contributed by atoms with Crippen molar-refractivity contribution in [1.82, 2.24) is 39.8 Å². The molecule has 0 unspecified atom stereocenters. The minimum atomic E-state index is -0.701. The summed E-state index contributed by atoms with van der Waals surface area (Å²) >= 11 is 1.43. The first kappa shape index (κ1) is 31.0. The number of amides is 4. The van der Waals surface area contributed by atoms with Crippen molar-refractivity contribution in [3.8, 4) is 0 Å². The monoisotopic (exact) mass is 622 g/mol. The van der Waals surface area contributed by atoms with Gasteiger partial charge in [-0.15, -0.1) is 11.3 Å². The Morgan fingerprint density at radius 1 is 1.07 bits per heavy atom. The van der Waals surface area contributed by atoms with Crippen molar-refractivity contribution in [3.63, 3.8) is 0 Å². The summed E-state index contributed by atoms with van der Waals surface area (Å²) in [7, 11) is 0. The van der Waals surface area contributed by atoms with Crippen LogP contribution in [-0.4, -0.2) is 79.7 Å². The van der Waals surface area contributed by atoms with E-state index >= 15 is 0 Å². The number of fused-ring (bicyclic) bond motifs is 2. The lowest BCUT2D eigenvalue weighted by atomic mass is 9.98. The van der Waals surface area contributed by atoms with Gasteiger partial charge in [0.2, 0.25) is 11.8 Å². The number of aryl methyl sites for hydroxylation is 1. The van der Waals surface area contributed by atoms with E-state index in [-0.39, 0.29) is 41.7 Å². The molecular weight excluding hydrogens is 584 g/mol. The third kappa shape index (κ3) is 7.01. The van der Waals surface area contributed by atoms with Crippen LogP contribution in [0, 0.1) is 5.92 Å². The van der Waals surface area contributed by atoms with Crippen molar-refractivity contribution in [3.05, 3.63) is 57.7 Å². The van der Waals surface area contributed by atoms with E-state index in [2.05, 4.69) is 25.9 Å². The van der Waals surface area contributed by atoms with Gasteiger partial charge in [-0.25, -0.2) is 9.78 Å². The lowest BCUT2D eigenvalue weighted by molar-refractivity contribution is -0.130. The Balaban J connectivity index is 1.36. The summed E-state index contributed by atoms with van der Waals surface area (Å²) in [4.78, 5) is 74.8. The summed E-state index contributed by atoms with van der Waals surface area (Å²) in [5.41, 5.74) is 1.64. The van der Waals surface area contributed by atoms with Crippen LogP contribution in [0.1, 0.15) is 66.8 Å². The second-order valence-electron chi connectivity index (χ2n) is 11.1. The molecule has 1 aromatic carbocycles. The van der Waals surface area contributed by atoms with E-state index in [4.69, 9.17) is 0 Å². The fourth-order valence-corrected chi connectivity index (χ4v) is 6.03. The molecule has 14 heteroatoms. The van der Waals surface area contributed by atoms with Crippen molar-refractivity contribution >= 4 is 51.0 Å². The molecule has 0 aliphatic carbocycles. The Labute approximate surface area is 258 Å². The molecule has 0 radical (unpaired) electrons. The molecule has 2 atom stereocenters. The maximum atomic E-state index is 13.5. The summed E-state index contributed by atoms with van der Waals surface area (Å²) in [6, 6.07) is 4.34. The molecule has 44 heavy (non-hydrogen) atoms. The quantitative estimate of drug-likeness (QED) is 0.274. The van der Waals surface area contributed by atoms with Gasteiger partial charge in [0, 0.05) is 62.5 Å². The third-order valence-corrected chi connectivity index (χ3v) is 8.80. The van der Waals surface area contributed by atoms with Gasteiger partial charge in [-0.3, -0.25) is 28.1 Å². The molecule has 3 aromatic heterocycles. The summed E-state index contributed by atoms with van der Waals surface area (Å²) in [5.74, 6) is -1.17. The van der Waals surface area contributed by atoms with E-state index in [1.807, 2.05) is 25.4 Å². The fourth-order valence-electron chi connectivity index (χ4n) is 5.33. The summed E-state index contributed by atoms with van der Waals surface area (Å²) < 4.78 is 3.35. The molecule has 2 bridgehead atoms. The van der Waals surface area contributed by atoms with Crippen molar-refractivity contribution in [1.29, 1.82) is 0 Å². The van der Waals surface area contributed by atoms with Crippen LogP contribution in [0.4, 0.5) is 0 Å². The molecule has 4 amide bonds. The van der Waals surface area contributed by atoms with Crippen LogP contribution in [0.2, 0.25) is 0 Å². The number of hydrogen-bond donors (Lipinski definition) is 4. The number of benzene rings is 1. The van der Waals surface area contributed by atoms with Gasteiger partial charge in [-0.2, -0.15) is 0 Å². The summed E-state index contributed by atoms with van der Waals surface area (Å²) in [5, 5.41) is 10.6. The number of hydrogen-bond acceptors (Lipinski definition) is 7. The van der Waals surface area contributed by atoms with Crippen molar-refractivity contribution < 1.29 is 19.2 Å². The Morgan fingerprint density at radius 3 is 2.64 bits per heavy atom. The Kier molecular flexibility index (Phi) is 9.78. The Hall–Kier alpha value is -4.46. The maximum Gasteiger partial charge on any atom is 0.326 e. The van der Waals surface area contributed by atoms with Gasteiger partial charge >= 0.3 is 5.69 Å². The molecule has 4 N–H and O–H groups in total. The maximum absolute atomic E-state index is 13.5. The van der Waals surface area contributed by atoms with Gasteiger partial charge in [0.15, 0.2) is 4.96 Å². The van der Waals surface area contributed by atoms with Crippen LogP contribution in [0.3, 0.4) is 0 Å². The van der Waals surface area contributed by atoms with Crippen LogP contribution in [0.5, 0.6) is 0 Å². The number of aromatic nitrogens is 4. The second kappa shape index (κ2) is 13.9. The first-order valence-electron chi connectivity index (χ1n) is 15.0. The van der Waals surface area contributed by atoms with Crippen LogP contribution in [0.25, 0.3) is 16.0 Å². The van der Waals surface area contributed by atoms with E-state index in [1.165, 1.54) is 11.3 Å². The second-order valence-corrected chi connectivity index (χ2v) is 12.0. The Bertz CT molecular complexity index is 1690. The average Bonchev–Trinajstić information content (AvgIpc) is 3.71. The fraction of sp³-hybridized carbons (Fsp3) is 0.467. The predicted octanol–water partition coefficient (Wildman–Crippen LogP) is 2.13. The van der Waals surface area contributed by atoms with Crippen LogP contribution in [0.15, 0.2) is 40.8 Å². The van der Waals surface area contributed by atoms with Gasteiger partial charge in [0.05, 0.1) is 11.0 Å². The highest BCUT2D eigenvalue weighted by atomic mass is 32.1. The molecule has 4 heterocycles. The molecule has 1 aliphatic rings. The van der Waals surface area contributed by atoms with Gasteiger partial charge in [0.25, 0.3) is 11.8 Å². The van der Waals surface area contributed by atoms with E-state index < -0.39 is 6.04 Å². The first-order chi connectivity index (χ1) is 21.2. The van der Waals surface area contributed by atoms with Crippen LogP contribution >= 0.6 is 11.3 Å². The number of carbonyl (C=O) groups excluding carboxylic acids is 4. The highest BCUT2D eigenvalue weighted by Gasteiger charge is 2.26. The topological polar surface area (TPSA) is 163 Å². The largest absolute Gasteiger partial charge is 0.354 e. The van der Waals surface area contributed by atoms with Gasteiger partial charge in [-0.1, -0.05) is 20.3 Å². The molecule has 0 saturated carbocycles. The third-order valence-electron chi connectivity index (χ3n) is 8.03. The zero-order valence-corrected chi connectivity index (χ0v) is 25.7.